The Morgan fingerprint density at radius 2 is 2.08 bits per heavy atom. The fourth-order valence-corrected chi connectivity index (χ4v) is 2.77. The van der Waals surface area contributed by atoms with Crippen LogP contribution in [0.5, 0.6) is 5.75 Å². The minimum atomic E-state index is -0.949. The van der Waals surface area contributed by atoms with Gasteiger partial charge in [0.1, 0.15) is 12.1 Å². The molecule has 1 N–H and O–H groups in total. The van der Waals surface area contributed by atoms with E-state index in [9.17, 15) is 5.11 Å². The molecule has 0 saturated heterocycles. The summed E-state index contributed by atoms with van der Waals surface area (Å²) in [5.74, 6) is 0.732. The summed E-state index contributed by atoms with van der Waals surface area (Å²) in [7, 11) is 0. The van der Waals surface area contributed by atoms with Crippen molar-refractivity contribution in [1.82, 2.24) is 14.8 Å². The van der Waals surface area contributed by atoms with Gasteiger partial charge < -0.3 is 9.84 Å². The van der Waals surface area contributed by atoms with Gasteiger partial charge in [0.05, 0.1) is 18.8 Å². The third-order valence-electron chi connectivity index (χ3n) is 4.20. The zero-order valence-electron chi connectivity index (χ0n) is 14.2. The third-order valence-corrected chi connectivity index (χ3v) is 4.78. The second kappa shape index (κ2) is 7.76. The van der Waals surface area contributed by atoms with Crippen LogP contribution in [0.25, 0.3) is 0 Å². The SMILES string of the molecule is CC(C)(C)C(O)(CCCOc1cccc(Cl)c1)Cn1ncnc1S. The number of aromatic nitrogens is 3. The number of hydrogen-bond acceptors (Lipinski definition) is 5. The van der Waals surface area contributed by atoms with Gasteiger partial charge in [0.2, 0.25) is 0 Å². The Balaban J connectivity index is 1.95. The van der Waals surface area contributed by atoms with E-state index in [1.807, 2.05) is 32.9 Å². The Morgan fingerprint density at radius 1 is 1.33 bits per heavy atom. The Hall–Kier alpha value is -1.24. The maximum atomic E-state index is 11.2. The molecule has 1 atom stereocenters. The fraction of sp³-hybridized carbons (Fsp3) is 0.529. The molecule has 1 heterocycles. The van der Waals surface area contributed by atoms with E-state index in [4.69, 9.17) is 16.3 Å². The molecule has 0 fully saturated rings. The molecule has 0 aliphatic carbocycles. The second-order valence-electron chi connectivity index (χ2n) is 6.91. The van der Waals surface area contributed by atoms with Crippen molar-refractivity contribution >= 4 is 24.2 Å². The molecule has 0 amide bonds. The molecule has 5 nitrogen and oxygen atoms in total. The highest BCUT2D eigenvalue weighted by atomic mass is 35.5. The Morgan fingerprint density at radius 3 is 2.67 bits per heavy atom. The van der Waals surface area contributed by atoms with E-state index in [2.05, 4.69) is 22.7 Å². The van der Waals surface area contributed by atoms with Crippen LogP contribution in [0.4, 0.5) is 0 Å². The molecule has 0 bridgehead atoms. The second-order valence-corrected chi connectivity index (χ2v) is 7.75. The minimum Gasteiger partial charge on any atom is -0.494 e. The first-order valence-electron chi connectivity index (χ1n) is 7.89. The van der Waals surface area contributed by atoms with E-state index in [1.165, 1.54) is 6.33 Å². The normalized spacial score (nSPS) is 14.4. The summed E-state index contributed by atoms with van der Waals surface area (Å²) in [6.07, 6.45) is 2.72. The molecule has 0 spiro atoms. The van der Waals surface area contributed by atoms with Crippen molar-refractivity contribution in [2.75, 3.05) is 6.61 Å². The minimum absolute atomic E-state index is 0.324. The Bertz CT molecular complexity index is 672. The third kappa shape index (κ3) is 4.88. The van der Waals surface area contributed by atoms with Crippen molar-refractivity contribution in [3.05, 3.63) is 35.6 Å². The number of aliphatic hydroxyl groups is 1. The van der Waals surface area contributed by atoms with Gasteiger partial charge in [-0.1, -0.05) is 38.4 Å². The number of halogens is 1. The van der Waals surface area contributed by atoms with Gasteiger partial charge >= 0.3 is 0 Å². The number of nitrogens with zero attached hydrogens (tertiary/aromatic N) is 3. The molecule has 1 aromatic carbocycles. The first-order valence-corrected chi connectivity index (χ1v) is 8.71. The molecule has 7 heteroatoms. The first-order chi connectivity index (χ1) is 11.2. The molecule has 24 heavy (non-hydrogen) atoms. The van der Waals surface area contributed by atoms with Crippen LogP contribution in [0, 0.1) is 5.41 Å². The predicted octanol–water partition coefficient (Wildman–Crippen LogP) is 3.86. The average molecular weight is 370 g/mol. The molecule has 132 valence electrons. The molecule has 0 aliphatic heterocycles. The molecular weight excluding hydrogens is 346 g/mol. The highest BCUT2D eigenvalue weighted by Gasteiger charge is 2.40. The molecule has 2 rings (SSSR count). The van der Waals surface area contributed by atoms with Crippen LogP contribution >= 0.6 is 24.2 Å². The maximum absolute atomic E-state index is 11.2. The average Bonchev–Trinajstić information content (AvgIpc) is 2.88. The molecule has 1 aromatic heterocycles. The zero-order chi connectivity index (χ0) is 17.8. The largest absolute Gasteiger partial charge is 0.494 e. The molecule has 2 aromatic rings. The van der Waals surface area contributed by atoms with Crippen LogP contribution in [-0.4, -0.2) is 32.1 Å². The molecular formula is C17H24ClN3O2S. The first kappa shape index (κ1) is 19.1. The summed E-state index contributed by atoms with van der Waals surface area (Å²) in [4.78, 5) is 3.99. The highest BCUT2D eigenvalue weighted by molar-refractivity contribution is 7.80. The lowest BCUT2D eigenvalue weighted by atomic mass is 9.73. The van der Waals surface area contributed by atoms with Crippen LogP contribution in [-0.2, 0) is 6.54 Å². The van der Waals surface area contributed by atoms with Crippen molar-refractivity contribution in [3.8, 4) is 5.75 Å². The van der Waals surface area contributed by atoms with Crippen LogP contribution in [0.1, 0.15) is 33.6 Å². The highest BCUT2D eigenvalue weighted by Crippen LogP contribution is 2.36. The van der Waals surface area contributed by atoms with Gasteiger partial charge in [0.25, 0.3) is 0 Å². The fourth-order valence-electron chi connectivity index (χ4n) is 2.42. The molecule has 0 radical (unpaired) electrons. The number of rotatable bonds is 7. The van der Waals surface area contributed by atoms with Crippen molar-refractivity contribution in [2.24, 2.45) is 5.41 Å². The number of benzene rings is 1. The van der Waals surface area contributed by atoms with Crippen LogP contribution in [0.2, 0.25) is 5.02 Å². The van der Waals surface area contributed by atoms with E-state index in [0.29, 0.717) is 36.2 Å². The van der Waals surface area contributed by atoms with Gasteiger partial charge in [-0.2, -0.15) is 5.10 Å². The summed E-state index contributed by atoms with van der Waals surface area (Å²) in [5.41, 5.74) is -1.27. The standard InChI is InChI=1S/C17H24ClN3O2S/c1-16(2,3)17(22,11-21-15(24)19-12-20-21)8-5-9-23-14-7-4-6-13(18)10-14/h4,6-7,10,12,22H,5,8-9,11H2,1-3H3,(H,19,20,24). The predicted molar refractivity (Wildman–Crippen MR) is 97.9 cm³/mol. The number of hydrogen-bond donors (Lipinski definition) is 2. The molecule has 0 saturated carbocycles. The van der Waals surface area contributed by atoms with Gasteiger partial charge in [-0.25, -0.2) is 9.67 Å². The summed E-state index contributed by atoms with van der Waals surface area (Å²) in [6, 6.07) is 7.30. The lowest BCUT2D eigenvalue weighted by Crippen LogP contribution is -2.47. The van der Waals surface area contributed by atoms with E-state index in [0.717, 1.165) is 5.75 Å². The Labute approximate surface area is 153 Å². The van der Waals surface area contributed by atoms with Crippen LogP contribution in [0.3, 0.4) is 0 Å². The lowest BCUT2D eigenvalue weighted by molar-refractivity contribution is -0.0841. The lowest BCUT2D eigenvalue weighted by Gasteiger charge is -2.40. The summed E-state index contributed by atoms with van der Waals surface area (Å²) in [5, 5.41) is 16.4. The van der Waals surface area contributed by atoms with E-state index in [-0.39, 0.29) is 5.41 Å². The van der Waals surface area contributed by atoms with Crippen molar-refractivity contribution in [2.45, 2.75) is 50.9 Å². The molecule has 1 unspecified atom stereocenters. The van der Waals surface area contributed by atoms with Gasteiger partial charge in [-0.05, 0) is 36.5 Å². The quantitative estimate of drug-likeness (QED) is 0.574. The topological polar surface area (TPSA) is 60.2 Å². The van der Waals surface area contributed by atoms with Gasteiger partial charge in [0.15, 0.2) is 5.16 Å². The van der Waals surface area contributed by atoms with Crippen LogP contribution in [0.15, 0.2) is 35.7 Å². The summed E-state index contributed by atoms with van der Waals surface area (Å²) < 4.78 is 7.33. The maximum Gasteiger partial charge on any atom is 0.183 e. The van der Waals surface area contributed by atoms with Crippen LogP contribution < -0.4 is 4.74 Å². The van der Waals surface area contributed by atoms with Gasteiger partial charge in [-0.3, -0.25) is 0 Å². The number of ether oxygens (including phenoxy) is 1. The zero-order valence-corrected chi connectivity index (χ0v) is 15.9. The van der Waals surface area contributed by atoms with Gasteiger partial charge in [-0.15, -0.1) is 12.6 Å². The van der Waals surface area contributed by atoms with Crippen molar-refractivity contribution in [1.29, 1.82) is 0 Å². The molecule has 0 aliphatic rings. The van der Waals surface area contributed by atoms with Crippen molar-refractivity contribution < 1.29 is 9.84 Å². The summed E-state index contributed by atoms with van der Waals surface area (Å²) >= 11 is 10.2. The Kier molecular flexibility index (Phi) is 6.17. The number of thiol groups is 1. The van der Waals surface area contributed by atoms with E-state index in [1.54, 1.807) is 16.8 Å². The smallest absolute Gasteiger partial charge is 0.183 e. The van der Waals surface area contributed by atoms with E-state index < -0.39 is 5.60 Å². The van der Waals surface area contributed by atoms with Gasteiger partial charge in [0, 0.05) is 5.02 Å². The van der Waals surface area contributed by atoms with Crippen molar-refractivity contribution in [3.63, 3.8) is 0 Å². The monoisotopic (exact) mass is 369 g/mol. The summed E-state index contributed by atoms with van der Waals surface area (Å²) in [6.45, 7) is 6.89. The van der Waals surface area contributed by atoms with E-state index >= 15 is 0 Å².